The maximum absolute atomic E-state index is 13.1. The van der Waals surface area contributed by atoms with Crippen molar-refractivity contribution in [2.75, 3.05) is 11.6 Å². The van der Waals surface area contributed by atoms with Gasteiger partial charge in [0.1, 0.15) is 6.67 Å². The third-order valence-corrected chi connectivity index (χ3v) is 5.00. The summed E-state index contributed by atoms with van der Waals surface area (Å²) in [6.07, 6.45) is 1.41. The summed E-state index contributed by atoms with van der Waals surface area (Å²) >= 11 is 0. The van der Waals surface area contributed by atoms with Crippen LogP contribution in [0, 0.1) is 13.8 Å². The second-order valence-electron chi connectivity index (χ2n) is 6.65. The Morgan fingerprint density at radius 2 is 1.61 bits per heavy atom. The summed E-state index contributed by atoms with van der Waals surface area (Å²) in [6, 6.07) is 15.4. The molecular weight excluding hydrogens is 356 g/mol. The predicted molar refractivity (Wildman–Crippen MR) is 103 cm³/mol. The number of furan rings is 1. The largest absolute Gasteiger partial charge is 0.459 e. The number of imide groups is 1. The van der Waals surface area contributed by atoms with Crippen molar-refractivity contribution >= 4 is 23.4 Å². The molecule has 0 radical (unpaired) electrons. The summed E-state index contributed by atoms with van der Waals surface area (Å²) in [5.41, 5.74) is 3.20. The Morgan fingerprint density at radius 1 is 0.929 bits per heavy atom. The number of rotatable bonds is 4. The number of anilines is 1. The number of aryl methyl sites for hydroxylation is 1. The van der Waals surface area contributed by atoms with Crippen molar-refractivity contribution < 1.29 is 18.8 Å². The van der Waals surface area contributed by atoms with E-state index in [1.165, 1.54) is 11.2 Å². The first-order chi connectivity index (χ1) is 13.5. The smallest absolute Gasteiger partial charge is 0.295 e. The lowest BCUT2D eigenvalue weighted by molar-refractivity contribution is 0.0649. The van der Waals surface area contributed by atoms with Crippen molar-refractivity contribution in [2.24, 2.45) is 0 Å². The van der Waals surface area contributed by atoms with Gasteiger partial charge in [-0.3, -0.25) is 24.2 Å². The number of amides is 3. The van der Waals surface area contributed by atoms with Crippen molar-refractivity contribution in [1.29, 1.82) is 0 Å². The highest BCUT2D eigenvalue weighted by Gasteiger charge is 2.38. The summed E-state index contributed by atoms with van der Waals surface area (Å²) in [4.78, 5) is 41.2. The van der Waals surface area contributed by atoms with Crippen LogP contribution < -0.4 is 4.90 Å². The lowest BCUT2D eigenvalue weighted by Gasteiger charge is -2.28. The second kappa shape index (κ2) is 6.81. The molecule has 0 saturated carbocycles. The van der Waals surface area contributed by atoms with E-state index in [9.17, 15) is 14.4 Å². The molecule has 140 valence electrons. The predicted octanol–water partition coefficient (Wildman–Crippen LogP) is 3.80. The Balaban J connectivity index is 1.75. The maximum atomic E-state index is 13.1. The highest BCUT2D eigenvalue weighted by Crippen LogP contribution is 2.28. The lowest BCUT2D eigenvalue weighted by Crippen LogP contribution is -2.44. The Hall–Kier alpha value is -3.67. The molecule has 6 nitrogen and oxygen atoms in total. The molecule has 1 aromatic heterocycles. The maximum Gasteiger partial charge on any atom is 0.295 e. The van der Waals surface area contributed by atoms with Gasteiger partial charge in [-0.05, 0) is 55.3 Å². The number of hydrogen-bond acceptors (Lipinski definition) is 4. The van der Waals surface area contributed by atoms with Gasteiger partial charge in [-0.1, -0.05) is 24.3 Å². The molecule has 1 aliphatic heterocycles. The fourth-order valence-corrected chi connectivity index (χ4v) is 3.32. The third-order valence-electron chi connectivity index (χ3n) is 5.00. The van der Waals surface area contributed by atoms with Crippen LogP contribution in [0.2, 0.25) is 0 Å². The molecule has 0 fully saturated rings. The van der Waals surface area contributed by atoms with Gasteiger partial charge in [0.2, 0.25) is 0 Å². The number of carbonyl (C=O) groups excluding carboxylic acids is 3. The molecule has 6 heteroatoms. The van der Waals surface area contributed by atoms with E-state index in [1.54, 1.807) is 42.5 Å². The number of nitrogens with zero attached hydrogens (tertiary/aromatic N) is 2. The quantitative estimate of drug-likeness (QED) is 0.652. The first-order valence-corrected chi connectivity index (χ1v) is 8.86. The van der Waals surface area contributed by atoms with E-state index in [0.717, 1.165) is 16.0 Å². The van der Waals surface area contributed by atoms with Crippen molar-refractivity contribution in [3.05, 3.63) is 88.9 Å². The van der Waals surface area contributed by atoms with Crippen molar-refractivity contribution in [2.45, 2.75) is 13.8 Å². The molecule has 0 bridgehead atoms. The van der Waals surface area contributed by atoms with Crippen LogP contribution >= 0.6 is 0 Å². The van der Waals surface area contributed by atoms with E-state index in [0.29, 0.717) is 16.8 Å². The first-order valence-electron chi connectivity index (χ1n) is 8.86. The molecule has 4 rings (SSSR count). The summed E-state index contributed by atoms with van der Waals surface area (Å²) in [5.74, 6) is -1.11. The second-order valence-corrected chi connectivity index (χ2v) is 6.65. The van der Waals surface area contributed by atoms with Gasteiger partial charge >= 0.3 is 0 Å². The van der Waals surface area contributed by atoms with Crippen LogP contribution in [0.4, 0.5) is 5.69 Å². The van der Waals surface area contributed by atoms with Crippen LogP contribution in [0.1, 0.15) is 42.4 Å². The zero-order valence-electron chi connectivity index (χ0n) is 15.5. The summed E-state index contributed by atoms with van der Waals surface area (Å²) in [7, 11) is 0. The van der Waals surface area contributed by atoms with E-state index < -0.39 is 17.7 Å². The van der Waals surface area contributed by atoms with Crippen LogP contribution in [0.15, 0.2) is 65.3 Å². The molecule has 2 aromatic carbocycles. The molecule has 28 heavy (non-hydrogen) atoms. The molecule has 3 amide bonds. The topological polar surface area (TPSA) is 70.8 Å². The van der Waals surface area contributed by atoms with Crippen LogP contribution in [-0.4, -0.2) is 29.3 Å². The molecule has 0 saturated heterocycles. The van der Waals surface area contributed by atoms with Gasteiger partial charge < -0.3 is 4.42 Å². The highest BCUT2D eigenvalue weighted by atomic mass is 16.3. The van der Waals surface area contributed by atoms with Crippen LogP contribution in [-0.2, 0) is 0 Å². The number of hydrogen-bond donors (Lipinski definition) is 0. The fourth-order valence-electron chi connectivity index (χ4n) is 3.32. The molecule has 0 N–H and O–H groups in total. The Labute approximate surface area is 162 Å². The van der Waals surface area contributed by atoms with Crippen LogP contribution in [0.25, 0.3) is 0 Å². The van der Waals surface area contributed by atoms with Gasteiger partial charge in [0, 0.05) is 5.69 Å². The van der Waals surface area contributed by atoms with E-state index in [2.05, 4.69) is 0 Å². The fraction of sp³-hybridized carbons (Fsp3) is 0.136. The monoisotopic (exact) mass is 374 g/mol. The van der Waals surface area contributed by atoms with Gasteiger partial charge in [-0.25, -0.2) is 0 Å². The highest BCUT2D eigenvalue weighted by molar-refractivity contribution is 6.21. The van der Waals surface area contributed by atoms with Gasteiger partial charge in [0.25, 0.3) is 17.7 Å². The molecule has 3 aromatic rings. The SMILES string of the molecule is Cc1cccc(N(CN2C(=O)c3ccccc3C2=O)C(=O)c2ccco2)c1C. The number of fused-ring (bicyclic) bond motifs is 1. The zero-order valence-corrected chi connectivity index (χ0v) is 15.5. The first kappa shape index (κ1) is 17.7. The summed E-state index contributed by atoms with van der Waals surface area (Å²) < 4.78 is 5.27. The van der Waals surface area contributed by atoms with Gasteiger partial charge in [0.15, 0.2) is 5.76 Å². The Morgan fingerprint density at radius 3 is 2.21 bits per heavy atom. The van der Waals surface area contributed by atoms with Gasteiger partial charge in [-0.15, -0.1) is 0 Å². The lowest BCUT2D eigenvalue weighted by atomic mass is 10.1. The Bertz CT molecular complexity index is 1050. The Kier molecular flexibility index (Phi) is 4.31. The minimum absolute atomic E-state index is 0.137. The number of carbonyl (C=O) groups is 3. The standard InChI is InChI=1S/C22H18N2O4/c1-14-7-5-10-18(15(14)2)23(22(27)19-11-6-12-28-19)13-24-20(25)16-8-3-4-9-17(16)21(24)26/h3-12H,13H2,1-2H3. The van der Waals surface area contributed by atoms with Crippen molar-refractivity contribution in [3.8, 4) is 0 Å². The minimum atomic E-state index is -0.421. The van der Waals surface area contributed by atoms with E-state index in [-0.39, 0.29) is 12.4 Å². The van der Waals surface area contributed by atoms with Gasteiger partial charge in [-0.2, -0.15) is 0 Å². The van der Waals surface area contributed by atoms with E-state index in [4.69, 9.17) is 4.42 Å². The molecule has 0 atom stereocenters. The molecule has 1 aliphatic rings. The average Bonchev–Trinajstić information content (AvgIpc) is 3.32. The molecular formula is C22H18N2O4. The van der Waals surface area contributed by atoms with Crippen molar-refractivity contribution in [1.82, 2.24) is 4.90 Å². The molecule has 0 aliphatic carbocycles. The zero-order chi connectivity index (χ0) is 19.8. The summed E-state index contributed by atoms with van der Waals surface area (Å²) in [6.45, 7) is 3.64. The summed E-state index contributed by atoms with van der Waals surface area (Å²) in [5, 5.41) is 0. The van der Waals surface area contributed by atoms with Gasteiger partial charge in [0.05, 0.1) is 17.4 Å². The number of benzene rings is 2. The van der Waals surface area contributed by atoms with E-state index >= 15 is 0 Å². The molecule has 0 unspecified atom stereocenters. The van der Waals surface area contributed by atoms with Crippen LogP contribution in [0.3, 0.4) is 0 Å². The van der Waals surface area contributed by atoms with Crippen molar-refractivity contribution in [3.63, 3.8) is 0 Å². The molecule has 2 heterocycles. The van der Waals surface area contributed by atoms with Crippen LogP contribution in [0.5, 0.6) is 0 Å². The van der Waals surface area contributed by atoms with E-state index in [1.807, 2.05) is 26.0 Å². The average molecular weight is 374 g/mol. The molecule has 0 spiro atoms. The normalized spacial score (nSPS) is 13.0. The minimum Gasteiger partial charge on any atom is -0.459 e. The third kappa shape index (κ3) is 2.79.